The molecule has 0 atom stereocenters. The van der Waals surface area contributed by atoms with Crippen molar-refractivity contribution in [2.75, 3.05) is 12.4 Å². The van der Waals surface area contributed by atoms with E-state index in [0.29, 0.717) is 22.9 Å². The number of carbonyl (C=O) groups is 1. The molecule has 0 aliphatic rings. The lowest BCUT2D eigenvalue weighted by Crippen LogP contribution is -2.11. The number of rotatable bonds is 6. The summed E-state index contributed by atoms with van der Waals surface area (Å²) in [6, 6.07) is 13.5. The third-order valence-corrected chi connectivity index (χ3v) is 5.20. The van der Waals surface area contributed by atoms with Crippen molar-refractivity contribution in [3.05, 3.63) is 75.0 Å². The predicted octanol–water partition coefficient (Wildman–Crippen LogP) is 5.51. The van der Waals surface area contributed by atoms with Crippen molar-refractivity contribution in [2.45, 2.75) is 27.4 Å². The standard InChI is InChI=1S/C22H23NO3S/c1-14-9-15(2)21(16(3)10-14)26-12-17-11-20(27-13-17)22(24)23-18-7-5-6-8-19(18)25-4/h5-11,13H,12H2,1-4H3,(H,23,24). The van der Waals surface area contributed by atoms with Crippen LogP contribution in [0, 0.1) is 20.8 Å². The fourth-order valence-electron chi connectivity index (χ4n) is 3.05. The van der Waals surface area contributed by atoms with E-state index < -0.39 is 0 Å². The maximum atomic E-state index is 12.5. The molecule has 0 saturated heterocycles. The molecule has 0 aliphatic carbocycles. The lowest BCUT2D eigenvalue weighted by atomic mass is 10.1. The van der Waals surface area contributed by atoms with E-state index in [4.69, 9.17) is 9.47 Å². The van der Waals surface area contributed by atoms with Gasteiger partial charge in [0.1, 0.15) is 18.1 Å². The Kier molecular flexibility index (Phi) is 5.81. The molecule has 1 N–H and O–H groups in total. The number of anilines is 1. The van der Waals surface area contributed by atoms with Gasteiger partial charge >= 0.3 is 0 Å². The topological polar surface area (TPSA) is 47.6 Å². The largest absolute Gasteiger partial charge is 0.495 e. The van der Waals surface area contributed by atoms with Crippen LogP contribution in [0.2, 0.25) is 0 Å². The van der Waals surface area contributed by atoms with Crippen molar-refractivity contribution in [2.24, 2.45) is 0 Å². The second-order valence-corrected chi connectivity index (χ2v) is 7.40. The van der Waals surface area contributed by atoms with Crippen molar-refractivity contribution < 1.29 is 14.3 Å². The number of nitrogens with one attached hydrogen (secondary N) is 1. The first-order valence-electron chi connectivity index (χ1n) is 8.70. The minimum Gasteiger partial charge on any atom is -0.495 e. The van der Waals surface area contributed by atoms with Crippen LogP contribution in [0.25, 0.3) is 0 Å². The van der Waals surface area contributed by atoms with E-state index in [1.165, 1.54) is 16.9 Å². The Morgan fingerprint density at radius 1 is 1.07 bits per heavy atom. The van der Waals surface area contributed by atoms with Crippen LogP contribution in [0.5, 0.6) is 11.5 Å². The number of ether oxygens (including phenoxy) is 2. The number of hydrogen-bond donors (Lipinski definition) is 1. The van der Waals surface area contributed by atoms with Gasteiger partial charge in [-0.2, -0.15) is 0 Å². The summed E-state index contributed by atoms with van der Waals surface area (Å²) in [5.41, 5.74) is 5.10. The molecule has 5 heteroatoms. The predicted molar refractivity (Wildman–Crippen MR) is 110 cm³/mol. The monoisotopic (exact) mass is 381 g/mol. The number of thiophene rings is 1. The van der Waals surface area contributed by atoms with E-state index in [0.717, 1.165) is 22.4 Å². The molecule has 1 amide bonds. The summed E-state index contributed by atoms with van der Waals surface area (Å²) in [4.78, 5) is 13.2. The SMILES string of the molecule is COc1ccccc1NC(=O)c1cc(COc2c(C)cc(C)cc2C)cs1. The molecule has 0 radical (unpaired) electrons. The quantitative estimate of drug-likeness (QED) is 0.612. The van der Waals surface area contributed by atoms with Gasteiger partial charge in [0.2, 0.25) is 0 Å². The highest BCUT2D eigenvalue weighted by Gasteiger charge is 2.13. The van der Waals surface area contributed by atoms with Gasteiger partial charge in [0, 0.05) is 5.56 Å². The van der Waals surface area contributed by atoms with E-state index in [2.05, 4.69) is 38.2 Å². The summed E-state index contributed by atoms with van der Waals surface area (Å²) < 4.78 is 11.3. The zero-order valence-electron chi connectivity index (χ0n) is 16.0. The Balaban J connectivity index is 1.67. The van der Waals surface area contributed by atoms with Gasteiger partial charge in [-0.25, -0.2) is 0 Å². The smallest absolute Gasteiger partial charge is 0.265 e. The highest BCUT2D eigenvalue weighted by molar-refractivity contribution is 7.12. The summed E-state index contributed by atoms with van der Waals surface area (Å²) in [6.07, 6.45) is 0. The van der Waals surface area contributed by atoms with Crippen LogP contribution in [0.15, 0.2) is 47.8 Å². The van der Waals surface area contributed by atoms with Crippen LogP contribution in [0.3, 0.4) is 0 Å². The van der Waals surface area contributed by atoms with E-state index in [1.807, 2.05) is 35.7 Å². The number of methoxy groups -OCH3 is 1. The van der Waals surface area contributed by atoms with Crippen LogP contribution in [-0.4, -0.2) is 13.0 Å². The molecule has 0 saturated carbocycles. The van der Waals surface area contributed by atoms with Crippen LogP contribution in [0.1, 0.15) is 31.9 Å². The average molecular weight is 381 g/mol. The van der Waals surface area contributed by atoms with E-state index in [9.17, 15) is 4.79 Å². The van der Waals surface area contributed by atoms with Gasteiger partial charge in [0.25, 0.3) is 5.91 Å². The highest BCUT2D eigenvalue weighted by Crippen LogP contribution is 2.27. The van der Waals surface area contributed by atoms with Crippen LogP contribution in [-0.2, 0) is 6.61 Å². The van der Waals surface area contributed by atoms with Crippen LogP contribution < -0.4 is 14.8 Å². The van der Waals surface area contributed by atoms with E-state index in [1.54, 1.807) is 7.11 Å². The summed E-state index contributed by atoms with van der Waals surface area (Å²) in [5.74, 6) is 1.39. The molecular formula is C22H23NO3S. The van der Waals surface area contributed by atoms with Crippen molar-refractivity contribution in [3.8, 4) is 11.5 Å². The number of amides is 1. The van der Waals surface area contributed by atoms with Crippen molar-refractivity contribution in [1.82, 2.24) is 0 Å². The zero-order valence-corrected chi connectivity index (χ0v) is 16.8. The second-order valence-electron chi connectivity index (χ2n) is 6.49. The number of para-hydroxylation sites is 2. The lowest BCUT2D eigenvalue weighted by Gasteiger charge is -2.12. The lowest BCUT2D eigenvalue weighted by molar-refractivity contribution is 0.103. The van der Waals surface area contributed by atoms with Crippen LogP contribution >= 0.6 is 11.3 Å². The second kappa shape index (κ2) is 8.27. The Labute approximate surface area is 163 Å². The van der Waals surface area contributed by atoms with Gasteiger partial charge in [0.05, 0.1) is 17.7 Å². The average Bonchev–Trinajstić information content (AvgIpc) is 3.10. The molecule has 0 aliphatic heterocycles. The fourth-order valence-corrected chi connectivity index (χ4v) is 3.84. The van der Waals surface area contributed by atoms with Crippen molar-refractivity contribution in [3.63, 3.8) is 0 Å². The number of hydrogen-bond acceptors (Lipinski definition) is 4. The molecular weight excluding hydrogens is 358 g/mol. The first kappa shape index (κ1) is 19.0. The summed E-state index contributed by atoms with van der Waals surface area (Å²) in [7, 11) is 1.58. The maximum absolute atomic E-state index is 12.5. The van der Waals surface area contributed by atoms with Gasteiger partial charge in [-0.3, -0.25) is 4.79 Å². The van der Waals surface area contributed by atoms with Crippen molar-refractivity contribution >= 4 is 22.9 Å². The molecule has 0 fully saturated rings. The van der Waals surface area contributed by atoms with Gasteiger partial charge in [-0.1, -0.05) is 29.8 Å². The van der Waals surface area contributed by atoms with Gasteiger partial charge in [-0.15, -0.1) is 11.3 Å². The summed E-state index contributed by atoms with van der Waals surface area (Å²) in [5, 5.41) is 4.85. The third-order valence-electron chi connectivity index (χ3n) is 4.22. The minimum absolute atomic E-state index is 0.154. The maximum Gasteiger partial charge on any atom is 0.265 e. The zero-order chi connectivity index (χ0) is 19.4. The van der Waals surface area contributed by atoms with E-state index >= 15 is 0 Å². The Morgan fingerprint density at radius 3 is 2.48 bits per heavy atom. The Morgan fingerprint density at radius 2 is 1.78 bits per heavy atom. The highest BCUT2D eigenvalue weighted by atomic mass is 32.1. The molecule has 1 aromatic heterocycles. The van der Waals surface area contributed by atoms with Crippen molar-refractivity contribution in [1.29, 1.82) is 0 Å². The number of benzene rings is 2. The normalized spacial score (nSPS) is 10.5. The van der Waals surface area contributed by atoms with Gasteiger partial charge in [0.15, 0.2) is 0 Å². The molecule has 0 spiro atoms. The van der Waals surface area contributed by atoms with Gasteiger partial charge in [-0.05, 0) is 55.5 Å². The summed E-state index contributed by atoms with van der Waals surface area (Å²) in [6.45, 7) is 6.61. The molecule has 2 aromatic carbocycles. The molecule has 1 heterocycles. The summed E-state index contributed by atoms with van der Waals surface area (Å²) >= 11 is 1.40. The molecule has 3 rings (SSSR count). The molecule has 140 valence electrons. The first-order valence-corrected chi connectivity index (χ1v) is 9.58. The first-order chi connectivity index (χ1) is 13.0. The van der Waals surface area contributed by atoms with Crippen LogP contribution in [0.4, 0.5) is 5.69 Å². The number of carbonyl (C=O) groups excluding carboxylic acids is 1. The minimum atomic E-state index is -0.154. The fraction of sp³-hybridized carbons (Fsp3) is 0.227. The third kappa shape index (κ3) is 4.49. The Bertz CT molecular complexity index is 939. The van der Waals surface area contributed by atoms with E-state index in [-0.39, 0.29) is 5.91 Å². The number of aryl methyl sites for hydroxylation is 3. The Hall–Kier alpha value is -2.79. The molecule has 27 heavy (non-hydrogen) atoms. The molecule has 0 unspecified atom stereocenters. The molecule has 3 aromatic rings. The van der Waals surface area contributed by atoms with Gasteiger partial charge < -0.3 is 14.8 Å². The molecule has 0 bridgehead atoms. The molecule has 4 nitrogen and oxygen atoms in total.